The van der Waals surface area contributed by atoms with Crippen LogP contribution < -0.4 is 10.9 Å². The van der Waals surface area contributed by atoms with Gasteiger partial charge in [-0.15, -0.1) is 23.1 Å². The number of amides is 1. The van der Waals surface area contributed by atoms with Gasteiger partial charge in [-0.05, 0) is 18.1 Å². The molecule has 0 aliphatic heterocycles. The number of thioether (sulfide) groups is 1. The lowest BCUT2D eigenvalue weighted by Crippen LogP contribution is -2.24. The molecule has 0 saturated heterocycles. The molecule has 5 nitrogen and oxygen atoms in total. The summed E-state index contributed by atoms with van der Waals surface area (Å²) in [5.74, 6) is 1.34. The average Bonchev–Trinajstić information content (AvgIpc) is 3.19. The number of carbonyl (C=O) groups is 1. The Hall–Kier alpha value is -2.90. The second-order valence-electron chi connectivity index (χ2n) is 6.96. The lowest BCUT2D eigenvalue weighted by atomic mass is 10.1. The van der Waals surface area contributed by atoms with E-state index >= 15 is 0 Å². The summed E-state index contributed by atoms with van der Waals surface area (Å²) in [7, 11) is 0. The van der Waals surface area contributed by atoms with Crippen molar-refractivity contribution in [2.75, 3.05) is 5.75 Å². The zero-order chi connectivity index (χ0) is 20.9. The molecule has 4 aromatic rings. The van der Waals surface area contributed by atoms with Crippen molar-refractivity contribution < 1.29 is 4.79 Å². The lowest BCUT2D eigenvalue weighted by Gasteiger charge is -2.06. The van der Waals surface area contributed by atoms with Crippen LogP contribution in [0.3, 0.4) is 0 Å². The highest BCUT2D eigenvalue weighted by atomic mass is 32.2. The van der Waals surface area contributed by atoms with Crippen LogP contribution >= 0.6 is 23.1 Å². The van der Waals surface area contributed by atoms with E-state index < -0.39 is 0 Å². The van der Waals surface area contributed by atoms with Crippen LogP contribution in [-0.2, 0) is 17.1 Å². The summed E-state index contributed by atoms with van der Waals surface area (Å²) < 4.78 is 0. The molecule has 0 radical (unpaired) electrons. The van der Waals surface area contributed by atoms with Crippen molar-refractivity contribution in [1.29, 1.82) is 0 Å². The fourth-order valence-electron chi connectivity index (χ4n) is 3.09. The molecule has 2 aromatic heterocycles. The van der Waals surface area contributed by atoms with Crippen LogP contribution in [-0.4, -0.2) is 21.6 Å². The number of benzene rings is 2. The van der Waals surface area contributed by atoms with Gasteiger partial charge in [0.25, 0.3) is 5.56 Å². The van der Waals surface area contributed by atoms with Crippen molar-refractivity contribution in [3.05, 3.63) is 87.3 Å². The van der Waals surface area contributed by atoms with Crippen LogP contribution in [0.15, 0.2) is 64.8 Å². The molecule has 2 heterocycles. The van der Waals surface area contributed by atoms with E-state index in [1.165, 1.54) is 28.7 Å². The summed E-state index contributed by atoms with van der Waals surface area (Å²) in [5, 5.41) is 5.51. The van der Waals surface area contributed by atoms with Crippen molar-refractivity contribution in [1.82, 2.24) is 15.3 Å². The van der Waals surface area contributed by atoms with Gasteiger partial charge >= 0.3 is 0 Å². The largest absolute Gasteiger partial charge is 0.351 e. The molecule has 7 heteroatoms. The minimum atomic E-state index is -0.139. The Balaban J connectivity index is 1.36. The molecule has 0 fully saturated rings. The van der Waals surface area contributed by atoms with E-state index in [-0.39, 0.29) is 11.5 Å². The quantitative estimate of drug-likeness (QED) is 0.448. The number of nitrogens with one attached hydrogen (secondary N) is 2. The fourth-order valence-corrected chi connectivity index (χ4v) is 4.78. The predicted octanol–water partition coefficient (Wildman–Crippen LogP) is 4.51. The maximum absolute atomic E-state index is 12.7. The van der Waals surface area contributed by atoms with Crippen LogP contribution in [0.25, 0.3) is 21.3 Å². The molecule has 1 amide bonds. The molecule has 0 unspecified atom stereocenters. The minimum Gasteiger partial charge on any atom is -0.351 e. The number of rotatable bonds is 7. The smallest absolute Gasteiger partial charge is 0.260 e. The Morgan fingerprint density at radius 2 is 1.90 bits per heavy atom. The van der Waals surface area contributed by atoms with E-state index in [9.17, 15) is 9.59 Å². The van der Waals surface area contributed by atoms with Crippen molar-refractivity contribution in [3.8, 4) is 11.1 Å². The highest BCUT2D eigenvalue weighted by molar-refractivity contribution is 7.99. The zero-order valence-electron chi connectivity index (χ0n) is 16.5. The van der Waals surface area contributed by atoms with Crippen LogP contribution in [0.5, 0.6) is 0 Å². The monoisotopic (exact) mass is 435 g/mol. The van der Waals surface area contributed by atoms with Gasteiger partial charge < -0.3 is 10.3 Å². The Morgan fingerprint density at radius 1 is 1.13 bits per heavy atom. The van der Waals surface area contributed by atoms with E-state index in [4.69, 9.17) is 0 Å². The Labute approximate surface area is 182 Å². The number of carbonyl (C=O) groups excluding carboxylic acids is 1. The van der Waals surface area contributed by atoms with Gasteiger partial charge in [0.1, 0.15) is 10.7 Å². The third-order valence-corrected chi connectivity index (χ3v) is 6.48. The first-order valence-corrected chi connectivity index (χ1v) is 11.6. The molecule has 2 N–H and O–H groups in total. The number of thiophene rings is 1. The minimum absolute atomic E-state index is 0.0357. The second-order valence-corrected chi connectivity index (χ2v) is 8.81. The number of fused-ring (bicyclic) bond motifs is 1. The lowest BCUT2D eigenvalue weighted by molar-refractivity contribution is -0.118. The summed E-state index contributed by atoms with van der Waals surface area (Å²) in [6.45, 7) is 2.55. The molecule has 0 saturated carbocycles. The summed E-state index contributed by atoms with van der Waals surface area (Å²) in [6, 6.07) is 17.9. The third kappa shape index (κ3) is 4.80. The number of hydrogen-bond donors (Lipinski definition) is 2. The molecule has 0 spiro atoms. The van der Waals surface area contributed by atoms with Gasteiger partial charge in [0.05, 0.1) is 16.9 Å². The fraction of sp³-hybridized carbons (Fsp3) is 0.174. The number of hydrogen-bond acceptors (Lipinski definition) is 5. The number of aromatic amines is 1. The molecular formula is C23H21N3O2S2. The maximum Gasteiger partial charge on any atom is 0.260 e. The average molecular weight is 436 g/mol. The normalized spacial score (nSPS) is 11.0. The summed E-state index contributed by atoms with van der Waals surface area (Å²) >= 11 is 2.90. The molecule has 30 heavy (non-hydrogen) atoms. The van der Waals surface area contributed by atoms with Crippen molar-refractivity contribution in [2.45, 2.75) is 19.2 Å². The standard InChI is InChI=1S/C23H21N3O2S2/c1-15-7-9-16(10-8-15)11-24-20(27)14-29-13-19-25-22(28)21-18(12-30-23(21)26-19)17-5-3-2-4-6-17/h2-10,12H,11,13-14H2,1H3,(H,24,27)(H,25,26,28). The number of nitrogens with zero attached hydrogens (tertiary/aromatic N) is 1. The van der Waals surface area contributed by atoms with Gasteiger partial charge in [0.15, 0.2) is 0 Å². The van der Waals surface area contributed by atoms with Crippen LogP contribution in [0.1, 0.15) is 17.0 Å². The summed E-state index contributed by atoms with van der Waals surface area (Å²) in [5.41, 5.74) is 4.03. The van der Waals surface area contributed by atoms with E-state index in [1.807, 2.05) is 66.9 Å². The predicted molar refractivity (Wildman–Crippen MR) is 125 cm³/mol. The molecule has 152 valence electrons. The van der Waals surface area contributed by atoms with Crippen LogP contribution in [0, 0.1) is 6.92 Å². The van der Waals surface area contributed by atoms with Gasteiger partial charge in [-0.2, -0.15) is 0 Å². The van der Waals surface area contributed by atoms with Crippen molar-refractivity contribution in [3.63, 3.8) is 0 Å². The molecule has 0 aliphatic rings. The highest BCUT2D eigenvalue weighted by Crippen LogP contribution is 2.30. The summed E-state index contributed by atoms with van der Waals surface area (Å²) in [6.07, 6.45) is 0. The molecule has 0 aliphatic carbocycles. The van der Waals surface area contributed by atoms with E-state index in [1.54, 1.807) is 0 Å². The topological polar surface area (TPSA) is 74.8 Å². The van der Waals surface area contributed by atoms with Crippen molar-refractivity contribution >= 4 is 39.2 Å². The first-order valence-electron chi connectivity index (χ1n) is 9.56. The van der Waals surface area contributed by atoms with Gasteiger partial charge in [-0.3, -0.25) is 9.59 Å². The number of aryl methyl sites for hydroxylation is 1. The SMILES string of the molecule is Cc1ccc(CNC(=O)CSCc2nc3scc(-c4ccccc4)c3c(=O)[nH]2)cc1. The summed E-state index contributed by atoms with van der Waals surface area (Å²) in [4.78, 5) is 32.9. The first kappa shape index (κ1) is 20.4. The molecular weight excluding hydrogens is 414 g/mol. The molecule has 4 rings (SSSR count). The number of aromatic nitrogens is 2. The van der Waals surface area contributed by atoms with Crippen molar-refractivity contribution in [2.24, 2.45) is 0 Å². The van der Waals surface area contributed by atoms with Crippen LogP contribution in [0.2, 0.25) is 0 Å². The van der Waals surface area contributed by atoms with Crippen LogP contribution in [0.4, 0.5) is 0 Å². The van der Waals surface area contributed by atoms with E-state index in [0.717, 1.165) is 21.5 Å². The highest BCUT2D eigenvalue weighted by Gasteiger charge is 2.13. The zero-order valence-corrected chi connectivity index (χ0v) is 18.1. The molecule has 0 atom stereocenters. The van der Waals surface area contributed by atoms with E-state index in [2.05, 4.69) is 15.3 Å². The Morgan fingerprint density at radius 3 is 2.67 bits per heavy atom. The second kappa shape index (κ2) is 9.28. The van der Waals surface area contributed by atoms with Gasteiger partial charge in [0, 0.05) is 17.5 Å². The molecule has 0 bridgehead atoms. The third-order valence-electron chi connectivity index (χ3n) is 4.66. The van der Waals surface area contributed by atoms with E-state index in [0.29, 0.717) is 29.3 Å². The van der Waals surface area contributed by atoms with Gasteiger partial charge in [0.2, 0.25) is 5.91 Å². The molecule has 2 aromatic carbocycles. The Bertz CT molecular complexity index is 1210. The van der Waals surface area contributed by atoms with Gasteiger partial charge in [-0.1, -0.05) is 60.2 Å². The number of H-pyrrole nitrogens is 1. The Kier molecular flexibility index (Phi) is 6.30. The first-order chi connectivity index (χ1) is 14.6. The maximum atomic E-state index is 12.7. The van der Waals surface area contributed by atoms with Gasteiger partial charge in [-0.25, -0.2) is 4.98 Å².